The average molecular weight is 268 g/mol. The molecular weight excluding hydrogens is 232 g/mol. The number of nitrogens with one attached hydrogen (secondary N) is 1. The van der Waals surface area contributed by atoms with E-state index >= 15 is 0 Å². The van der Waals surface area contributed by atoms with Crippen LogP contribution >= 0.6 is 0 Å². The van der Waals surface area contributed by atoms with Gasteiger partial charge in [-0.2, -0.15) is 0 Å². The average Bonchev–Trinajstić information content (AvgIpc) is 2.40. The Balaban J connectivity index is 2.44. The van der Waals surface area contributed by atoms with E-state index < -0.39 is 0 Å². The van der Waals surface area contributed by atoms with Gasteiger partial charge in [0.25, 0.3) is 0 Å². The highest BCUT2D eigenvalue weighted by Gasteiger charge is 2.19. The zero-order valence-electron chi connectivity index (χ0n) is 13.8. The first-order chi connectivity index (χ1) is 9.19. The minimum atomic E-state index is 0.737. The first-order valence-corrected chi connectivity index (χ1v) is 8.65. The summed E-state index contributed by atoms with van der Waals surface area (Å²) in [4.78, 5) is 2.75. The third kappa shape index (κ3) is 6.76. The van der Waals surface area contributed by atoms with Crippen LogP contribution in [0.3, 0.4) is 0 Å². The van der Waals surface area contributed by atoms with E-state index in [1.165, 1.54) is 64.7 Å². The molecule has 1 saturated heterocycles. The van der Waals surface area contributed by atoms with Gasteiger partial charge in [0.15, 0.2) is 0 Å². The van der Waals surface area contributed by atoms with Gasteiger partial charge in [0.05, 0.1) is 0 Å². The van der Waals surface area contributed by atoms with Crippen molar-refractivity contribution >= 4 is 0 Å². The summed E-state index contributed by atoms with van der Waals surface area (Å²) in [5, 5.41) is 3.72. The molecule has 3 atom stereocenters. The highest BCUT2D eigenvalue weighted by molar-refractivity contribution is 4.77. The Morgan fingerprint density at radius 3 is 2.68 bits per heavy atom. The Kier molecular flexibility index (Phi) is 8.72. The lowest BCUT2D eigenvalue weighted by Crippen LogP contribution is -2.44. The first-order valence-electron chi connectivity index (χ1n) is 8.65. The van der Waals surface area contributed by atoms with Crippen molar-refractivity contribution in [2.75, 3.05) is 26.2 Å². The second-order valence-corrected chi connectivity index (χ2v) is 6.58. The molecule has 0 amide bonds. The Bertz CT molecular complexity index is 217. The van der Waals surface area contributed by atoms with Crippen molar-refractivity contribution in [2.24, 2.45) is 11.8 Å². The molecule has 1 heterocycles. The second-order valence-electron chi connectivity index (χ2n) is 6.58. The van der Waals surface area contributed by atoms with E-state index in [2.05, 4.69) is 37.9 Å². The molecule has 0 aromatic carbocycles. The largest absolute Gasteiger partial charge is 0.314 e. The van der Waals surface area contributed by atoms with E-state index in [-0.39, 0.29) is 0 Å². The van der Waals surface area contributed by atoms with Crippen LogP contribution in [0.5, 0.6) is 0 Å². The minimum absolute atomic E-state index is 0.737. The minimum Gasteiger partial charge on any atom is -0.314 e. The van der Waals surface area contributed by atoms with Gasteiger partial charge in [-0.15, -0.1) is 0 Å². The number of rotatable bonds is 7. The van der Waals surface area contributed by atoms with E-state index in [4.69, 9.17) is 0 Å². The van der Waals surface area contributed by atoms with Crippen LogP contribution in [-0.4, -0.2) is 37.1 Å². The molecule has 3 unspecified atom stereocenters. The number of unbranched alkanes of at least 4 members (excludes halogenated alkanes) is 1. The summed E-state index contributed by atoms with van der Waals surface area (Å²) in [6.45, 7) is 14.5. The number of hydrogen-bond acceptors (Lipinski definition) is 2. The summed E-state index contributed by atoms with van der Waals surface area (Å²) in [5.41, 5.74) is 0. The van der Waals surface area contributed by atoms with Crippen LogP contribution in [0.4, 0.5) is 0 Å². The molecule has 0 saturated carbocycles. The van der Waals surface area contributed by atoms with E-state index in [0.29, 0.717) is 0 Å². The molecule has 0 bridgehead atoms. The van der Waals surface area contributed by atoms with Gasteiger partial charge >= 0.3 is 0 Å². The summed E-state index contributed by atoms with van der Waals surface area (Å²) in [6, 6.07) is 0.737. The lowest BCUT2D eigenvalue weighted by Gasteiger charge is -2.34. The second kappa shape index (κ2) is 9.77. The van der Waals surface area contributed by atoms with Crippen LogP contribution in [0.1, 0.15) is 66.2 Å². The van der Waals surface area contributed by atoms with Crippen molar-refractivity contribution in [1.82, 2.24) is 10.2 Å². The Morgan fingerprint density at radius 1 is 1.26 bits per heavy atom. The molecule has 2 nitrogen and oxygen atoms in total. The molecular formula is C17H36N2. The molecule has 0 radical (unpaired) electrons. The highest BCUT2D eigenvalue weighted by atomic mass is 15.1. The molecule has 114 valence electrons. The Labute approximate surface area is 121 Å². The molecule has 2 heteroatoms. The lowest BCUT2D eigenvalue weighted by atomic mass is 9.97. The van der Waals surface area contributed by atoms with Crippen LogP contribution in [-0.2, 0) is 0 Å². The van der Waals surface area contributed by atoms with Crippen LogP contribution in [0, 0.1) is 11.8 Å². The molecule has 1 rings (SSSR count). The lowest BCUT2D eigenvalue weighted by molar-refractivity contribution is 0.166. The van der Waals surface area contributed by atoms with Gasteiger partial charge < -0.3 is 10.2 Å². The van der Waals surface area contributed by atoms with Crippen molar-refractivity contribution in [3.8, 4) is 0 Å². The van der Waals surface area contributed by atoms with E-state index in [1.54, 1.807) is 0 Å². The van der Waals surface area contributed by atoms with Crippen molar-refractivity contribution in [1.29, 1.82) is 0 Å². The molecule has 1 fully saturated rings. The van der Waals surface area contributed by atoms with Gasteiger partial charge in [-0.05, 0) is 44.2 Å². The maximum Gasteiger partial charge on any atom is 0.00767 e. The van der Waals surface area contributed by atoms with Gasteiger partial charge in [0.2, 0.25) is 0 Å². The highest BCUT2D eigenvalue weighted by Crippen LogP contribution is 2.17. The smallest absolute Gasteiger partial charge is 0.00767 e. The Hall–Kier alpha value is -0.0800. The maximum absolute atomic E-state index is 3.72. The summed E-state index contributed by atoms with van der Waals surface area (Å²) in [7, 11) is 0. The van der Waals surface area contributed by atoms with E-state index in [9.17, 15) is 0 Å². The van der Waals surface area contributed by atoms with Crippen LogP contribution < -0.4 is 5.32 Å². The van der Waals surface area contributed by atoms with Gasteiger partial charge in [0, 0.05) is 19.1 Å². The van der Waals surface area contributed by atoms with Crippen LogP contribution in [0.25, 0.3) is 0 Å². The zero-order valence-corrected chi connectivity index (χ0v) is 13.8. The summed E-state index contributed by atoms with van der Waals surface area (Å²) < 4.78 is 0. The molecule has 19 heavy (non-hydrogen) atoms. The van der Waals surface area contributed by atoms with Gasteiger partial charge in [0.1, 0.15) is 0 Å². The summed E-state index contributed by atoms with van der Waals surface area (Å²) >= 11 is 0. The van der Waals surface area contributed by atoms with Crippen LogP contribution in [0.15, 0.2) is 0 Å². The number of hydrogen-bond donors (Lipinski definition) is 1. The topological polar surface area (TPSA) is 15.3 Å². The summed E-state index contributed by atoms with van der Waals surface area (Å²) in [6.07, 6.45) is 8.12. The fraction of sp³-hybridized carbons (Fsp3) is 1.00. The standard InChI is InChI=1S/C17H36N2/c1-5-8-9-16(6-2)14-19-11-10-17(7-3)18-12-15(4)13-19/h15-18H,5-14H2,1-4H3. The van der Waals surface area contributed by atoms with Gasteiger partial charge in [-0.25, -0.2) is 0 Å². The van der Waals surface area contributed by atoms with Crippen LogP contribution in [0.2, 0.25) is 0 Å². The quantitative estimate of drug-likeness (QED) is 0.753. The normalized spacial score (nSPS) is 27.8. The number of nitrogens with zero attached hydrogens (tertiary/aromatic N) is 1. The fourth-order valence-corrected chi connectivity index (χ4v) is 3.20. The predicted octanol–water partition coefficient (Wildman–Crippen LogP) is 3.91. The Morgan fingerprint density at radius 2 is 2.05 bits per heavy atom. The SMILES string of the molecule is CCCCC(CC)CN1CCC(CC)NCC(C)C1. The molecule has 0 aliphatic carbocycles. The third-order valence-corrected chi connectivity index (χ3v) is 4.67. The predicted molar refractivity (Wildman–Crippen MR) is 85.6 cm³/mol. The summed E-state index contributed by atoms with van der Waals surface area (Å²) in [5.74, 6) is 1.71. The van der Waals surface area contributed by atoms with Gasteiger partial charge in [-0.3, -0.25) is 0 Å². The van der Waals surface area contributed by atoms with Crippen molar-refractivity contribution in [2.45, 2.75) is 72.3 Å². The first kappa shape index (κ1) is 17.0. The maximum atomic E-state index is 3.72. The monoisotopic (exact) mass is 268 g/mol. The van der Waals surface area contributed by atoms with E-state index in [1.807, 2.05) is 0 Å². The van der Waals surface area contributed by atoms with Crippen molar-refractivity contribution < 1.29 is 0 Å². The van der Waals surface area contributed by atoms with Crippen molar-refractivity contribution in [3.05, 3.63) is 0 Å². The molecule has 0 aromatic heterocycles. The molecule has 0 spiro atoms. The molecule has 0 aromatic rings. The van der Waals surface area contributed by atoms with Gasteiger partial charge in [-0.1, -0.05) is 47.0 Å². The molecule has 1 aliphatic rings. The molecule has 1 aliphatic heterocycles. The third-order valence-electron chi connectivity index (χ3n) is 4.67. The van der Waals surface area contributed by atoms with Crippen molar-refractivity contribution in [3.63, 3.8) is 0 Å². The molecule has 1 N–H and O–H groups in total. The van der Waals surface area contributed by atoms with E-state index in [0.717, 1.165) is 17.9 Å². The fourth-order valence-electron chi connectivity index (χ4n) is 3.20. The zero-order chi connectivity index (χ0) is 14.1.